The van der Waals surface area contributed by atoms with Crippen LogP contribution < -0.4 is 5.73 Å². The van der Waals surface area contributed by atoms with Crippen molar-refractivity contribution in [3.8, 4) is 0 Å². The number of aryl methyl sites for hydroxylation is 2. The van der Waals surface area contributed by atoms with Gasteiger partial charge in [-0.25, -0.2) is 4.79 Å². The van der Waals surface area contributed by atoms with Crippen molar-refractivity contribution in [3.63, 3.8) is 0 Å². The molecule has 1 rings (SSSR count). The molecule has 0 aromatic heterocycles. The first-order valence-corrected chi connectivity index (χ1v) is 5.07. The molecule has 0 spiro atoms. The zero-order chi connectivity index (χ0) is 11.3. The fourth-order valence-corrected chi connectivity index (χ4v) is 1.53. The number of carbonyl (C=O) groups is 1. The summed E-state index contributed by atoms with van der Waals surface area (Å²) in [7, 11) is 1.39. The van der Waals surface area contributed by atoms with E-state index in [1.165, 1.54) is 12.7 Å². The number of hydrogen-bond donors (Lipinski definition) is 1. The minimum absolute atomic E-state index is 0.280. The Kier molecular flexibility index (Phi) is 4.31. The van der Waals surface area contributed by atoms with Crippen LogP contribution in [0.5, 0.6) is 0 Å². The Labute approximate surface area is 90.2 Å². The summed E-state index contributed by atoms with van der Waals surface area (Å²) in [6.07, 6.45) is 1.93. The fourth-order valence-electron chi connectivity index (χ4n) is 1.53. The minimum atomic E-state index is -0.280. The summed E-state index contributed by atoms with van der Waals surface area (Å²) >= 11 is 0. The summed E-state index contributed by atoms with van der Waals surface area (Å²) in [5.41, 5.74) is 8.24. The van der Waals surface area contributed by atoms with Crippen LogP contribution in [0.2, 0.25) is 0 Å². The van der Waals surface area contributed by atoms with Gasteiger partial charge in [-0.3, -0.25) is 0 Å². The van der Waals surface area contributed by atoms with Crippen LogP contribution >= 0.6 is 0 Å². The number of carbonyl (C=O) groups excluding carboxylic acids is 1. The smallest absolute Gasteiger partial charge is 0.338 e. The van der Waals surface area contributed by atoms with Crippen LogP contribution in [0, 0.1) is 6.92 Å². The predicted molar refractivity (Wildman–Crippen MR) is 59.9 cm³/mol. The van der Waals surface area contributed by atoms with E-state index in [-0.39, 0.29) is 5.97 Å². The van der Waals surface area contributed by atoms with E-state index >= 15 is 0 Å². The molecule has 1 aromatic rings. The Balaban J connectivity index is 2.83. The van der Waals surface area contributed by atoms with Gasteiger partial charge in [-0.15, -0.1) is 0 Å². The van der Waals surface area contributed by atoms with Gasteiger partial charge in [0.1, 0.15) is 0 Å². The van der Waals surface area contributed by atoms with Crippen molar-refractivity contribution in [2.75, 3.05) is 13.7 Å². The quantitative estimate of drug-likeness (QED) is 0.764. The van der Waals surface area contributed by atoms with E-state index in [2.05, 4.69) is 4.74 Å². The van der Waals surface area contributed by atoms with Crippen LogP contribution in [0.25, 0.3) is 0 Å². The number of nitrogens with two attached hydrogens (primary N) is 1. The van der Waals surface area contributed by atoms with Gasteiger partial charge in [0.15, 0.2) is 0 Å². The van der Waals surface area contributed by atoms with E-state index in [1.807, 2.05) is 25.1 Å². The standard InChI is InChI=1S/C12H17NO2/c1-9-8-10(4-3-7-13)5-6-11(9)12(14)15-2/h5-6,8H,3-4,7,13H2,1-2H3. The first-order valence-electron chi connectivity index (χ1n) is 5.07. The number of benzene rings is 1. The van der Waals surface area contributed by atoms with Crippen LogP contribution in [0.3, 0.4) is 0 Å². The largest absolute Gasteiger partial charge is 0.465 e. The Morgan fingerprint density at radius 1 is 1.47 bits per heavy atom. The van der Waals surface area contributed by atoms with Crippen molar-refractivity contribution >= 4 is 5.97 Å². The molecule has 0 aliphatic heterocycles. The van der Waals surface area contributed by atoms with Gasteiger partial charge in [-0.05, 0) is 43.5 Å². The first kappa shape index (κ1) is 11.7. The molecule has 0 aliphatic carbocycles. The first-order chi connectivity index (χ1) is 7.19. The monoisotopic (exact) mass is 207 g/mol. The third kappa shape index (κ3) is 3.06. The van der Waals surface area contributed by atoms with Crippen LogP contribution in [0.1, 0.15) is 27.9 Å². The maximum atomic E-state index is 11.3. The number of esters is 1. The maximum Gasteiger partial charge on any atom is 0.338 e. The zero-order valence-corrected chi connectivity index (χ0v) is 9.25. The molecule has 0 heterocycles. The Bertz CT molecular complexity index is 347. The Hall–Kier alpha value is -1.35. The second-order valence-electron chi connectivity index (χ2n) is 3.53. The molecular weight excluding hydrogens is 190 g/mol. The molecule has 3 nitrogen and oxygen atoms in total. The number of hydrogen-bond acceptors (Lipinski definition) is 3. The normalized spacial score (nSPS) is 10.1. The highest BCUT2D eigenvalue weighted by molar-refractivity contribution is 5.90. The minimum Gasteiger partial charge on any atom is -0.465 e. The molecule has 2 N–H and O–H groups in total. The molecule has 0 aliphatic rings. The average molecular weight is 207 g/mol. The number of methoxy groups -OCH3 is 1. The summed E-state index contributed by atoms with van der Waals surface area (Å²) < 4.78 is 4.68. The van der Waals surface area contributed by atoms with E-state index in [1.54, 1.807) is 0 Å². The summed E-state index contributed by atoms with van der Waals surface area (Å²) in [5.74, 6) is -0.280. The molecular formula is C12H17NO2. The third-order valence-corrected chi connectivity index (χ3v) is 2.37. The maximum absolute atomic E-state index is 11.3. The van der Waals surface area contributed by atoms with Crippen molar-refractivity contribution in [2.45, 2.75) is 19.8 Å². The lowest BCUT2D eigenvalue weighted by Crippen LogP contribution is -2.05. The lowest BCUT2D eigenvalue weighted by atomic mass is 10.0. The van der Waals surface area contributed by atoms with Gasteiger partial charge < -0.3 is 10.5 Å². The molecule has 0 fully saturated rings. The molecule has 3 heteroatoms. The van der Waals surface area contributed by atoms with Gasteiger partial charge in [-0.2, -0.15) is 0 Å². The second kappa shape index (κ2) is 5.51. The van der Waals surface area contributed by atoms with Crippen molar-refractivity contribution < 1.29 is 9.53 Å². The highest BCUT2D eigenvalue weighted by atomic mass is 16.5. The van der Waals surface area contributed by atoms with Crippen LogP contribution in [0.15, 0.2) is 18.2 Å². The van der Waals surface area contributed by atoms with Crippen LogP contribution in [-0.2, 0) is 11.2 Å². The van der Waals surface area contributed by atoms with E-state index in [4.69, 9.17) is 5.73 Å². The summed E-state index contributed by atoms with van der Waals surface area (Å²) in [4.78, 5) is 11.3. The topological polar surface area (TPSA) is 52.3 Å². The van der Waals surface area contributed by atoms with E-state index in [0.717, 1.165) is 18.4 Å². The molecule has 0 atom stereocenters. The Morgan fingerprint density at radius 2 is 2.20 bits per heavy atom. The molecule has 82 valence electrons. The lowest BCUT2D eigenvalue weighted by Gasteiger charge is -2.06. The second-order valence-corrected chi connectivity index (χ2v) is 3.53. The van der Waals surface area contributed by atoms with Crippen molar-refractivity contribution in [1.82, 2.24) is 0 Å². The molecule has 1 aromatic carbocycles. The fraction of sp³-hybridized carbons (Fsp3) is 0.417. The van der Waals surface area contributed by atoms with E-state index in [0.29, 0.717) is 12.1 Å². The van der Waals surface area contributed by atoms with Crippen molar-refractivity contribution in [2.24, 2.45) is 5.73 Å². The van der Waals surface area contributed by atoms with Crippen molar-refractivity contribution in [1.29, 1.82) is 0 Å². The zero-order valence-electron chi connectivity index (χ0n) is 9.25. The highest BCUT2D eigenvalue weighted by Crippen LogP contribution is 2.13. The Morgan fingerprint density at radius 3 is 2.73 bits per heavy atom. The lowest BCUT2D eigenvalue weighted by molar-refractivity contribution is 0.0600. The van der Waals surface area contributed by atoms with E-state index < -0.39 is 0 Å². The number of rotatable bonds is 4. The predicted octanol–water partition coefficient (Wildman–Crippen LogP) is 1.67. The van der Waals surface area contributed by atoms with Gasteiger partial charge in [0, 0.05) is 0 Å². The van der Waals surface area contributed by atoms with Gasteiger partial charge in [0.25, 0.3) is 0 Å². The molecule has 0 saturated carbocycles. The van der Waals surface area contributed by atoms with Gasteiger partial charge in [0.2, 0.25) is 0 Å². The summed E-state index contributed by atoms with van der Waals surface area (Å²) in [5, 5.41) is 0. The molecule has 0 radical (unpaired) electrons. The van der Waals surface area contributed by atoms with Gasteiger partial charge in [0.05, 0.1) is 12.7 Å². The summed E-state index contributed by atoms with van der Waals surface area (Å²) in [6.45, 7) is 2.61. The van der Waals surface area contributed by atoms with Gasteiger partial charge >= 0.3 is 5.97 Å². The molecule has 0 amide bonds. The third-order valence-electron chi connectivity index (χ3n) is 2.37. The number of ether oxygens (including phenoxy) is 1. The molecule has 0 bridgehead atoms. The van der Waals surface area contributed by atoms with Crippen molar-refractivity contribution in [3.05, 3.63) is 34.9 Å². The molecule has 0 unspecified atom stereocenters. The van der Waals surface area contributed by atoms with Gasteiger partial charge in [-0.1, -0.05) is 12.1 Å². The highest BCUT2D eigenvalue weighted by Gasteiger charge is 2.08. The van der Waals surface area contributed by atoms with Crippen LogP contribution in [0.4, 0.5) is 0 Å². The summed E-state index contributed by atoms with van der Waals surface area (Å²) in [6, 6.07) is 5.78. The van der Waals surface area contributed by atoms with Crippen LogP contribution in [-0.4, -0.2) is 19.6 Å². The molecule has 15 heavy (non-hydrogen) atoms. The average Bonchev–Trinajstić information content (AvgIpc) is 2.25. The van der Waals surface area contributed by atoms with E-state index in [9.17, 15) is 4.79 Å². The molecule has 0 saturated heterocycles. The SMILES string of the molecule is COC(=O)c1ccc(CCCN)cc1C.